The average Bonchev–Trinajstić information content (AvgIpc) is 3.05. The Bertz CT molecular complexity index is 569. The molecule has 0 bridgehead atoms. The second kappa shape index (κ2) is 5.54. The van der Waals surface area contributed by atoms with E-state index in [0.717, 1.165) is 18.4 Å². The fraction of sp³-hybridized carbons (Fsp3) is 0.588. The molecule has 2 aliphatic rings. The average molecular weight is 307 g/mol. The van der Waals surface area contributed by atoms with Crippen LogP contribution in [0.15, 0.2) is 24.3 Å². The van der Waals surface area contributed by atoms with Gasteiger partial charge in [-0.05, 0) is 51.3 Å². The quantitative estimate of drug-likeness (QED) is 0.783. The number of likely N-dealkylation sites (tertiary alicyclic amines) is 1. The van der Waals surface area contributed by atoms with Crippen molar-refractivity contribution in [3.63, 3.8) is 0 Å². The molecular formula is C17H22FNO3. The summed E-state index contributed by atoms with van der Waals surface area (Å²) >= 11 is 0. The third kappa shape index (κ3) is 3.24. The fourth-order valence-corrected chi connectivity index (χ4v) is 3.05. The molecule has 0 saturated carbocycles. The normalized spacial score (nSPS) is 27.8. The van der Waals surface area contributed by atoms with Crippen LogP contribution in [0, 0.1) is 5.82 Å². The van der Waals surface area contributed by atoms with E-state index in [2.05, 4.69) is 0 Å². The first kappa shape index (κ1) is 15.3. The predicted octanol–water partition coefficient (Wildman–Crippen LogP) is 3.67. The van der Waals surface area contributed by atoms with Gasteiger partial charge in [-0.1, -0.05) is 12.1 Å². The third-order valence-electron chi connectivity index (χ3n) is 4.01. The first-order chi connectivity index (χ1) is 10.3. The van der Waals surface area contributed by atoms with E-state index in [0.29, 0.717) is 6.54 Å². The first-order valence-corrected chi connectivity index (χ1v) is 7.76. The Morgan fingerprint density at radius 3 is 2.86 bits per heavy atom. The van der Waals surface area contributed by atoms with Gasteiger partial charge in [-0.15, -0.1) is 0 Å². The zero-order chi connectivity index (χ0) is 15.9. The molecule has 2 aliphatic heterocycles. The van der Waals surface area contributed by atoms with Gasteiger partial charge in [0.1, 0.15) is 23.6 Å². The molecule has 0 spiro atoms. The molecule has 0 N–H and O–H groups in total. The molecule has 1 aromatic rings. The summed E-state index contributed by atoms with van der Waals surface area (Å²) in [6.07, 6.45) is 1.37. The molecule has 1 amide bonds. The molecule has 1 unspecified atom stereocenters. The first-order valence-electron chi connectivity index (χ1n) is 7.76. The lowest BCUT2D eigenvalue weighted by atomic mass is 10.0. The lowest BCUT2D eigenvalue weighted by Crippen LogP contribution is -2.42. The largest absolute Gasteiger partial charge is 0.444 e. The summed E-state index contributed by atoms with van der Waals surface area (Å²) in [5, 5.41) is 0. The maximum absolute atomic E-state index is 13.3. The Balaban J connectivity index is 1.66. The van der Waals surface area contributed by atoms with Gasteiger partial charge in [0, 0.05) is 6.54 Å². The number of hydrogen-bond donors (Lipinski definition) is 0. The van der Waals surface area contributed by atoms with Crippen molar-refractivity contribution in [1.82, 2.24) is 4.90 Å². The fourth-order valence-electron chi connectivity index (χ4n) is 3.05. The molecule has 0 aromatic heterocycles. The predicted molar refractivity (Wildman–Crippen MR) is 80.0 cm³/mol. The number of rotatable bonds is 2. The summed E-state index contributed by atoms with van der Waals surface area (Å²) < 4.78 is 24.5. The molecule has 0 radical (unpaired) electrons. The molecule has 2 saturated heterocycles. The van der Waals surface area contributed by atoms with Crippen LogP contribution in [0.5, 0.6) is 0 Å². The third-order valence-corrected chi connectivity index (χ3v) is 4.01. The van der Waals surface area contributed by atoms with Gasteiger partial charge in [0.05, 0.1) is 6.04 Å². The smallest absolute Gasteiger partial charge is 0.410 e. The number of halogens is 1. The molecule has 2 heterocycles. The van der Waals surface area contributed by atoms with E-state index in [9.17, 15) is 9.18 Å². The lowest BCUT2D eigenvalue weighted by Gasteiger charge is -2.28. The highest BCUT2D eigenvalue weighted by molar-refractivity contribution is 5.69. The van der Waals surface area contributed by atoms with E-state index in [1.807, 2.05) is 26.8 Å². The van der Waals surface area contributed by atoms with E-state index in [4.69, 9.17) is 9.47 Å². The summed E-state index contributed by atoms with van der Waals surface area (Å²) in [6, 6.07) is 6.48. The number of amides is 1. The number of benzene rings is 1. The van der Waals surface area contributed by atoms with Gasteiger partial charge in [0.15, 0.2) is 0 Å². The Hall–Kier alpha value is -1.62. The van der Waals surface area contributed by atoms with Crippen LogP contribution < -0.4 is 0 Å². The molecule has 3 atom stereocenters. The van der Waals surface area contributed by atoms with Gasteiger partial charge < -0.3 is 14.4 Å². The highest BCUT2D eigenvalue weighted by Gasteiger charge is 2.51. The lowest BCUT2D eigenvalue weighted by molar-refractivity contribution is 0.0204. The molecule has 5 heteroatoms. The molecule has 2 fully saturated rings. The highest BCUT2D eigenvalue weighted by Crippen LogP contribution is 2.45. The van der Waals surface area contributed by atoms with Crippen LogP contribution in [-0.4, -0.2) is 35.3 Å². The maximum Gasteiger partial charge on any atom is 0.410 e. The van der Waals surface area contributed by atoms with Crippen LogP contribution in [0.25, 0.3) is 0 Å². The van der Waals surface area contributed by atoms with Crippen LogP contribution in [0.2, 0.25) is 0 Å². The zero-order valence-electron chi connectivity index (χ0n) is 13.2. The second-order valence-electron chi connectivity index (χ2n) is 6.96. The van der Waals surface area contributed by atoms with Gasteiger partial charge in [0.2, 0.25) is 0 Å². The minimum Gasteiger partial charge on any atom is -0.444 e. The summed E-state index contributed by atoms with van der Waals surface area (Å²) in [5.74, 6) is -0.262. The van der Waals surface area contributed by atoms with Crippen LogP contribution in [0.4, 0.5) is 9.18 Å². The zero-order valence-corrected chi connectivity index (χ0v) is 13.2. The molecule has 4 nitrogen and oxygen atoms in total. The number of carbonyl (C=O) groups excluding carboxylic acids is 1. The van der Waals surface area contributed by atoms with E-state index >= 15 is 0 Å². The monoisotopic (exact) mass is 307 g/mol. The van der Waals surface area contributed by atoms with Crippen molar-refractivity contribution in [2.45, 2.75) is 57.5 Å². The number of carbonyl (C=O) groups is 1. The van der Waals surface area contributed by atoms with Crippen molar-refractivity contribution in [2.24, 2.45) is 0 Å². The summed E-state index contributed by atoms with van der Waals surface area (Å²) in [4.78, 5) is 14.0. The van der Waals surface area contributed by atoms with Crippen molar-refractivity contribution in [3.05, 3.63) is 35.6 Å². The summed E-state index contributed by atoms with van der Waals surface area (Å²) in [5.41, 5.74) is 0.331. The van der Waals surface area contributed by atoms with Crippen molar-refractivity contribution >= 4 is 6.09 Å². The van der Waals surface area contributed by atoms with Gasteiger partial charge >= 0.3 is 6.09 Å². The van der Waals surface area contributed by atoms with Crippen LogP contribution in [0.3, 0.4) is 0 Å². The van der Waals surface area contributed by atoms with Crippen LogP contribution >= 0.6 is 0 Å². The van der Waals surface area contributed by atoms with Gasteiger partial charge in [0.25, 0.3) is 0 Å². The van der Waals surface area contributed by atoms with E-state index < -0.39 is 5.60 Å². The minimum atomic E-state index is -0.503. The minimum absolute atomic E-state index is 0.0168. The van der Waals surface area contributed by atoms with Gasteiger partial charge in [-0.3, -0.25) is 0 Å². The summed E-state index contributed by atoms with van der Waals surface area (Å²) in [6.45, 7) is 6.27. The Morgan fingerprint density at radius 2 is 2.18 bits per heavy atom. The summed E-state index contributed by atoms with van der Waals surface area (Å²) in [7, 11) is 0. The number of epoxide rings is 1. The van der Waals surface area contributed by atoms with Crippen molar-refractivity contribution in [3.8, 4) is 0 Å². The number of nitrogens with zero attached hydrogens (tertiary/aromatic N) is 1. The van der Waals surface area contributed by atoms with Gasteiger partial charge in [-0.25, -0.2) is 9.18 Å². The standard InChI is InChI=1S/C17H22FNO3/c1-17(2,3)22-16(20)19-9-5-8-13(19)15-14(21-15)11-6-4-7-12(18)10-11/h4,6-7,10,13-15H,5,8-9H2,1-3H3/t13-,14-,15?/m1/s1. The second-order valence-corrected chi connectivity index (χ2v) is 6.96. The molecule has 1 aromatic carbocycles. The highest BCUT2D eigenvalue weighted by atomic mass is 19.1. The number of hydrogen-bond acceptors (Lipinski definition) is 3. The Kier molecular flexibility index (Phi) is 3.85. The van der Waals surface area contributed by atoms with Crippen molar-refractivity contribution in [1.29, 1.82) is 0 Å². The Labute approximate surface area is 130 Å². The van der Waals surface area contributed by atoms with Crippen LogP contribution in [0.1, 0.15) is 45.3 Å². The van der Waals surface area contributed by atoms with Crippen molar-refractivity contribution < 1.29 is 18.7 Å². The SMILES string of the molecule is CC(C)(C)OC(=O)N1CCC[C@@H]1C1O[C@@H]1c1cccc(F)c1. The van der Waals surface area contributed by atoms with Gasteiger partial charge in [-0.2, -0.15) is 0 Å². The molecule has 22 heavy (non-hydrogen) atoms. The Morgan fingerprint density at radius 1 is 1.41 bits per heavy atom. The molecule has 0 aliphatic carbocycles. The molecule has 3 rings (SSSR count). The number of ether oxygens (including phenoxy) is 2. The molecule has 120 valence electrons. The van der Waals surface area contributed by atoms with E-state index in [1.54, 1.807) is 11.0 Å². The van der Waals surface area contributed by atoms with Crippen molar-refractivity contribution in [2.75, 3.05) is 6.54 Å². The maximum atomic E-state index is 13.3. The van der Waals surface area contributed by atoms with E-state index in [-0.39, 0.29) is 30.2 Å². The molecular weight excluding hydrogens is 285 g/mol. The van der Waals surface area contributed by atoms with Crippen LogP contribution in [-0.2, 0) is 9.47 Å². The topological polar surface area (TPSA) is 42.1 Å². The van der Waals surface area contributed by atoms with E-state index in [1.165, 1.54) is 12.1 Å².